The summed E-state index contributed by atoms with van der Waals surface area (Å²) in [4.78, 5) is 24.0. The summed E-state index contributed by atoms with van der Waals surface area (Å²) in [6.45, 7) is 7.90. The van der Waals surface area contributed by atoms with E-state index in [9.17, 15) is 9.59 Å². The van der Waals surface area contributed by atoms with Crippen LogP contribution in [0.5, 0.6) is 0 Å². The first-order valence-electron chi connectivity index (χ1n) is 8.85. The average molecular weight is 365 g/mol. The van der Waals surface area contributed by atoms with Gasteiger partial charge < -0.3 is 10.6 Å². The number of fused-ring (bicyclic) bond motifs is 1. The van der Waals surface area contributed by atoms with Gasteiger partial charge in [-0.15, -0.1) is 5.10 Å². The van der Waals surface area contributed by atoms with Crippen LogP contribution in [0.15, 0.2) is 42.5 Å². The van der Waals surface area contributed by atoms with Crippen LogP contribution in [0.1, 0.15) is 44.5 Å². The number of aromatic nitrogens is 3. The first-order chi connectivity index (χ1) is 12.8. The highest BCUT2D eigenvalue weighted by molar-refractivity contribution is 6.06. The Morgan fingerprint density at radius 2 is 1.63 bits per heavy atom. The van der Waals surface area contributed by atoms with Crippen molar-refractivity contribution in [3.8, 4) is 0 Å². The molecule has 1 heterocycles. The summed E-state index contributed by atoms with van der Waals surface area (Å²) in [6.07, 6.45) is 0.418. The van der Waals surface area contributed by atoms with Gasteiger partial charge >= 0.3 is 0 Å². The molecule has 0 bridgehead atoms. The van der Waals surface area contributed by atoms with Crippen molar-refractivity contribution in [3.05, 3.63) is 48.0 Å². The molecule has 1 aromatic heterocycles. The monoisotopic (exact) mass is 365 g/mol. The molecular weight excluding hydrogens is 342 g/mol. The van der Waals surface area contributed by atoms with Gasteiger partial charge in [-0.2, -0.15) is 0 Å². The van der Waals surface area contributed by atoms with E-state index in [0.29, 0.717) is 23.4 Å². The van der Waals surface area contributed by atoms with E-state index in [1.165, 1.54) is 0 Å². The lowest BCUT2D eigenvalue weighted by Gasteiger charge is -2.19. The van der Waals surface area contributed by atoms with Crippen molar-refractivity contribution >= 4 is 34.2 Å². The van der Waals surface area contributed by atoms with Crippen LogP contribution in [0, 0.1) is 0 Å². The predicted molar refractivity (Wildman–Crippen MR) is 106 cm³/mol. The van der Waals surface area contributed by atoms with E-state index in [-0.39, 0.29) is 17.4 Å². The summed E-state index contributed by atoms with van der Waals surface area (Å²) in [5.41, 5.74) is 3.20. The number of rotatable bonds is 4. The fraction of sp³-hybridized carbons (Fsp3) is 0.300. The molecule has 7 heteroatoms. The van der Waals surface area contributed by atoms with E-state index in [1.54, 1.807) is 49.4 Å². The predicted octanol–water partition coefficient (Wildman–Crippen LogP) is 3.79. The molecule has 3 aromatic rings. The van der Waals surface area contributed by atoms with Crippen molar-refractivity contribution in [2.45, 2.75) is 39.7 Å². The van der Waals surface area contributed by atoms with Gasteiger partial charge in [0.2, 0.25) is 5.91 Å². The Labute approximate surface area is 157 Å². The van der Waals surface area contributed by atoms with E-state index >= 15 is 0 Å². The van der Waals surface area contributed by atoms with E-state index in [2.05, 4.69) is 20.9 Å². The molecule has 2 N–H and O–H groups in total. The van der Waals surface area contributed by atoms with E-state index < -0.39 is 0 Å². The Balaban J connectivity index is 1.79. The maximum atomic E-state index is 12.6. The number of nitrogens with zero attached hydrogens (tertiary/aromatic N) is 3. The van der Waals surface area contributed by atoms with Gasteiger partial charge in [-0.05, 0) is 63.2 Å². The van der Waals surface area contributed by atoms with Crippen LogP contribution in [-0.2, 0) is 10.3 Å². The standard InChI is InChI=1S/C20H23N5O2/c1-5-18(26)21-14-7-9-15(10-8-14)22-19(27)13-6-11-16-17(12-13)25(24-23-16)20(2,3)4/h6-12H,5H2,1-4H3,(H,21,26)(H,22,27). The zero-order chi connectivity index (χ0) is 19.6. The molecule has 0 fully saturated rings. The molecule has 0 spiro atoms. The maximum Gasteiger partial charge on any atom is 0.255 e. The van der Waals surface area contributed by atoms with Crippen LogP contribution < -0.4 is 10.6 Å². The summed E-state index contributed by atoms with van der Waals surface area (Å²) in [5.74, 6) is -0.270. The number of hydrogen-bond donors (Lipinski definition) is 2. The summed E-state index contributed by atoms with van der Waals surface area (Å²) >= 11 is 0. The molecule has 0 radical (unpaired) electrons. The quantitative estimate of drug-likeness (QED) is 0.736. The lowest BCUT2D eigenvalue weighted by atomic mass is 10.1. The Kier molecular flexibility index (Phi) is 4.94. The third-order valence-electron chi connectivity index (χ3n) is 4.09. The molecule has 0 saturated heterocycles. The van der Waals surface area contributed by atoms with Gasteiger partial charge in [-0.3, -0.25) is 9.59 Å². The zero-order valence-electron chi connectivity index (χ0n) is 15.9. The number of nitrogens with one attached hydrogen (secondary N) is 2. The highest BCUT2D eigenvalue weighted by Gasteiger charge is 2.19. The van der Waals surface area contributed by atoms with Gasteiger partial charge in [0.05, 0.1) is 11.1 Å². The van der Waals surface area contributed by atoms with Gasteiger partial charge in [0, 0.05) is 23.4 Å². The summed E-state index contributed by atoms with van der Waals surface area (Å²) in [6, 6.07) is 12.3. The second kappa shape index (κ2) is 7.19. The molecule has 0 aliphatic heterocycles. The fourth-order valence-corrected chi connectivity index (χ4v) is 2.65. The van der Waals surface area contributed by atoms with Crippen molar-refractivity contribution < 1.29 is 9.59 Å². The lowest BCUT2D eigenvalue weighted by molar-refractivity contribution is -0.115. The first kappa shape index (κ1) is 18.6. The number of hydrogen-bond acceptors (Lipinski definition) is 4. The molecule has 0 saturated carbocycles. The molecular formula is C20H23N5O2. The number of benzene rings is 2. The van der Waals surface area contributed by atoms with Gasteiger partial charge in [0.25, 0.3) is 5.91 Å². The Morgan fingerprint density at radius 1 is 1.00 bits per heavy atom. The van der Waals surface area contributed by atoms with E-state index in [1.807, 2.05) is 25.5 Å². The molecule has 2 amide bonds. The summed E-state index contributed by atoms with van der Waals surface area (Å²) in [5, 5.41) is 14.0. The van der Waals surface area contributed by atoms with Gasteiger partial charge in [-0.25, -0.2) is 4.68 Å². The Morgan fingerprint density at radius 3 is 2.22 bits per heavy atom. The Hall–Kier alpha value is -3.22. The normalized spacial score (nSPS) is 11.4. The number of anilines is 2. The summed E-state index contributed by atoms with van der Waals surface area (Å²) < 4.78 is 1.81. The minimum atomic E-state index is -0.234. The van der Waals surface area contributed by atoms with Crippen molar-refractivity contribution in [3.63, 3.8) is 0 Å². The van der Waals surface area contributed by atoms with Crippen LogP contribution in [0.25, 0.3) is 11.0 Å². The van der Waals surface area contributed by atoms with Crippen LogP contribution in [0.3, 0.4) is 0 Å². The zero-order valence-corrected chi connectivity index (χ0v) is 15.9. The largest absolute Gasteiger partial charge is 0.326 e. The molecule has 0 atom stereocenters. The maximum absolute atomic E-state index is 12.6. The van der Waals surface area contributed by atoms with Gasteiger partial charge in [0.1, 0.15) is 5.52 Å². The summed E-state index contributed by atoms with van der Waals surface area (Å²) in [7, 11) is 0. The van der Waals surface area contributed by atoms with Crippen molar-refractivity contribution in [1.29, 1.82) is 0 Å². The average Bonchev–Trinajstić information content (AvgIpc) is 3.06. The number of carbonyl (C=O) groups is 2. The molecule has 140 valence electrons. The van der Waals surface area contributed by atoms with Crippen LogP contribution in [0.2, 0.25) is 0 Å². The van der Waals surface area contributed by atoms with Gasteiger partial charge in [0.15, 0.2) is 0 Å². The number of carbonyl (C=O) groups excluding carboxylic acids is 2. The van der Waals surface area contributed by atoms with E-state index in [0.717, 1.165) is 11.0 Å². The molecule has 0 aliphatic carbocycles. The molecule has 3 rings (SSSR count). The van der Waals surface area contributed by atoms with Crippen molar-refractivity contribution in [1.82, 2.24) is 15.0 Å². The minimum Gasteiger partial charge on any atom is -0.326 e. The third-order valence-corrected chi connectivity index (χ3v) is 4.09. The molecule has 27 heavy (non-hydrogen) atoms. The molecule has 2 aromatic carbocycles. The smallest absolute Gasteiger partial charge is 0.255 e. The van der Waals surface area contributed by atoms with Crippen molar-refractivity contribution in [2.75, 3.05) is 10.6 Å². The number of amides is 2. The lowest BCUT2D eigenvalue weighted by Crippen LogP contribution is -2.23. The highest BCUT2D eigenvalue weighted by atomic mass is 16.2. The molecule has 0 unspecified atom stereocenters. The molecule has 7 nitrogen and oxygen atoms in total. The second-order valence-electron chi connectivity index (χ2n) is 7.31. The topological polar surface area (TPSA) is 88.9 Å². The fourth-order valence-electron chi connectivity index (χ4n) is 2.65. The molecule has 0 aliphatic rings. The second-order valence-corrected chi connectivity index (χ2v) is 7.31. The SMILES string of the molecule is CCC(=O)Nc1ccc(NC(=O)c2ccc3nnn(C(C)(C)C)c3c2)cc1. The third kappa shape index (κ3) is 4.13. The van der Waals surface area contributed by atoms with Crippen molar-refractivity contribution in [2.24, 2.45) is 0 Å². The van der Waals surface area contributed by atoms with E-state index in [4.69, 9.17) is 0 Å². The first-order valence-corrected chi connectivity index (χ1v) is 8.85. The minimum absolute atomic E-state index is 0.0517. The van der Waals surface area contributed by atoms with Crippen LogP contribution in [-0.4, -0.2) is 26.8 Å². The van der Waals surface area contributed by atoms with Crippen LogP contribution >= 0.6 is 0 Å². The van der Waals surface area contributed by atoms with Crippen LogP contribution in [0.4, 0.5) is 11.4 Å². The highest BCUT2D eigenvalue weighted by Crippen LogP contribution is 2.22. The van der Waals surface area contributed by atoms with Gasteiger partial charge in [-0.1, -0.05) is 12.1 Å². The Bertz CT molecular complexity index is 984.